The third-order valence-corrected chi connectivity index (χ3v) is 33.3. The minimum absolute atomic E-state index is 0.128. The van der Waals surface area contributed by atoms with E-state index in [1.807, 2.05) is 0 Å². The van der Waals surface area contributed by atoms with Crippen molar-refractivity contribution in [3.8, 4) is 22.3 Å². The summed E-state index contributed by atoms with van der Waals surface area (Å²) in [5.41, 5.74) is 16.4. The van der Waals surface area contributed by atoms with Crippen LogP contribution in [0.2, 0.25) is 0 Å². The molecule has 0 atom stereocenters. The third kappa shape index (κ3) is 10.9. The van der Waals surface area contributed by atoms with Gasteiger partial charge in [-0.05, 0) is 146 Å². The lowest BCUT2D eigenvalue weighted by atomic mass is 9.83. The Labute approximate surface area is 655 Å². The maximum absolute atomic E-state index is 7.22. The summed E-state index contributed by atoms with van der Waals surface area (Å²) in [6, 6.07) is 150. The highest BCUT2D eigenvalue weighted by Gasteiger charge is 2.43. The molecule has 2 aromatic heterocycles. The molecule has 0 aliphatic heterocycles. The fourth-order valence-electron chi connectivity index (χ4n) is 18.7. The van der Waals surface area contributed by atoms with E-state index in [1.165, 1.54) is 74.2 Å². The quantitative estimate of drug-likeness (QED) is 0.0487. The van der Waals surface area contributed by atoms with E-state index in [-0.39, 0.29) is 11.8 Å². The Balaban J connectivity index is 0.828. The van der Waals surface area contributed by atoms with Crippen LogP contribution in [0.4, 0.5) is 34.1 Å². The molecular weight excluding hydrogens is 1390 g/mol. The summed E-state index contributed by atoms with van der Waals surface area (Å²) in [6.07, 6.45) is 0. The summed E-state index contributed by atoms with van der Waals surface area (Å²) in [6.45, 7) is 9.43. The molecule has 20 rings (SSSR count). The normalized spacial score (nSPS) is 12.1. The molecule has 4 nitrogen and oxygen atoms in total. The molecule has 534 valence electrons. The smallest absolute Gasteiger partial charge is 0.179 e. The number of furan rings is 2. The first-order valence-corrected chi connectivity index (χ1v) is 43.2. The van der Waals surface area contributed by atoms with Crippen LogP contribution in [-0.2, 0) is 0 Å². The molecule has 0 radical (unpaired) electrons. The molecule has 0 N–H and O–H groups in total. The standard InChI is InChI=1S/C106H80N2O2Si2/c1-71(2)93-69-99(107(97-53-31-49-89-85-47-25-29-55-101(85)109-105(89)97)95-51-27-23-45-83(95)73-57-61-81(62-58-73)111(75-33-11-5-12-34-75,76-35-13-6-14-36-76)77-37-15-7-16-38-77)91-68-66-88-94(72(3)4)70-100(92-67-65-87(93)103(91)104(88)92)108(98-54-32-50-90-86-48-26-30-56-102(86)110-106(90)98)96-52-28-24-46-84(96)74-59-63-82(64-60-74)112(78-39-17-8-18-40-78,79-41-19-9-20-42-79)80-43-21-10-22-44-80/h5-72H,1-4H3. The van der Waals surface area contributed by atoms with Gasteiger partial charge < -0.3 is 18.6 Å². The van der Waals surface area contributed by atoms with Gasteiger partial charge in [-0.3, -0.25) is 0 Å². The van der Waals surface area contributed by atoms with Gasteiger partial charge in [-0.25, -0.2) is 0 Å². The van der Waals surface area contributed by atoms with E-state index in [4.69, 9.17) is 8.83 Å². The van der Waals surface area contributed by atoms with E-state index < -0.39 is 16.1 Å². The molecule has 0 saturated carbocycles. The Bertz CT molecular complexity index is 6250. The van der Waals surface area contributed by atoms with Crippen molar-refractivity contribution in [2.75, 3.05) is 9.80 Å². The number of rotatable bonds is 18. The van der Waals surface area contributed by atoms with Gasteiger partial charge in [0.15, 0.2) is 27.3 Å². The second kappa shape index (κ2) is 27.9. The monoisotopic (exact) mass is 1470 g/mol. The van der Waals surface area contributed by atoms with E-state index in [0.29, 0.717) is 0 Å². The van der Waals surface area contributed by atoms with Crippen LogP contribution in [0.25, 0.3) is 98.4 Å². The van der Waals surface area contributed by atoms with E-state index in [0.717, 1.165) is 111 Å². The zero-order chi connectivity index (χ0) is 75.0. The molecule has 0 aliphatic rings. The predicted molar refractivity (Wildman–Crippen MR) is 480 cm³/mol. The number of fused-ring (bicyclic) bond motifs is 6. The molecule has 0 bridgehead atoms. The maximum atomic E-state index is 7.22. The van der Waals surface area contributed by atoms with Gasteiger partial charge >= 0.3 is 0 Å². The highest BCUT2D eigenvalue weighted by Crippen LogP contribution is 2.55. The summed E-state index contributed by atoms with van der Waals surface area (Å²) >= 11 is 0. The Morgan fingerprint density at radius 1 is 0.214 bits per heavy atom. The molecule has 0 spiro atoms. The lowest BCUT2D eigenvalue weighted by Gasteiger charge is -2.34. The Morgan fingerprint density at radius 3 is 0.812 bits per heavy atom. The molecule has 2 heterocycles. The van der Waals surface area contributed by atoms with Crippen molar-refractivity contribution >= 4 is 168 Å². The first-order valence-electron chi connectivity index (χ1n) is 39.2. The second-order valence-corrected chi connectivity index (χ2v) is 38.0. The predicted octanol–water partition coefficient (Wildman–Crippen LogP) is 23.7. The minimum atomic E-state index is -2.86. The highest BCUT2D eigenvalue weighted by atomic mass is 28.3. The van der Waals surface area contributed by atoms with Crippen LogP contribution in [0.1, 0.15) is 50.7 Å². The van der Waals surface area contributed by atoms with Crippen LogP contribution in [-0.4, -0.2) is 16.1 Å². The lowest BCUT2D eigenvalue weighted by molar-refractivity contribution is 0.669. The van der Waals surface area contributed by atoms with Crippen molar-refractivity contribution in [1.82, 2.24) is 0 Å². The summed E-state index contributed by atoms with van der Waals surface area (Å²) < 4.78 is 14.4. The number of nitrogens with zero attached hydrogens (tertiary/aromatic N) is 2. The van der Waals surface area contributed by atoms with E-state index in [2.05, 4.69) is 438 Å². The zero-order valence-corrected chi connectivity index (χ0v) is 65.0. The van der Waals surface area contributed by atoms with Crippen molar-refractivity contribution < 1.29 is 8.83 Å². The van der Waals surface area contributed by atoms with Gasteiger partial charge in [-0.1, -0.05) is 380 Å². The molecule has 0 saturated heterocycles. The van der Waals surface area contributed by atoms with Gasteiger partial charge in [-0.2, -0.15) is 0 Å². The number of benzene rings is 18. The summed E-state index contributed by atoms with van der Waals surface area (Å²) in [7, 11) is -5.72. The van der Waals surface area contributed by atoms with Crippen LogP contribution >= 0.6 is 0 Å². The molecule has 112 heavy (non-hydrogen) atoms. The number of para-hydroxylation sites is 6. The SMILES string of the molecule is CC(C)c1cc(N(c2ccccc2-c2ccc([Si](c3ccccc3)(c3ccccc3)c3ccccc3)cc2)c2cccc3c2oc2ccccc23)c2ccc3c(C(C)C)cc(N(c4ccccc4-c4ccc([Si](c5ccccc5)(c5ccccc5)c5ccccc5)cc4)c4cccc5c4oc4ccccc45)c4ccc1c2c34. The molecule has 18 aromatic carbocycles. The first kappa shape index (κ1) is 67.9. The van der Waals surface area contributed by atoms with Crippen LogP contribution in [0.15, 0.2) is 409 Å². The van der Waals surface area contributed by atoms with Gasteiger partial charge in [0.2, 0.25) is 0 Å². The average molecular weight is 1470 g/mol. The Kier molecular flexibility index (Phi) is 17.0. The number of anilines is 6. The number of hydrogen-bond donors (Lipinski definition) is 0. The molecule has 20 aromatic rings. The molecule has 0 fully saturated rings. The van der Waals surface area contributed by atoms with Crippen molar-refractivity contribution in [3.63, 3.8) is 0 Å². The first-order chi connectivity index (χ1) is 55.2. The molecule has 0 aliphatic carbocycles. The van der Waals surface area contributed by atoms with Gasteiger partial charge in [0.1, 0.15) is 11.2 Å². The van der Waals surface area contributed by atoms with Crippen LogP contribution in [0, 0.1) is 0 Å². The lowest BCUT2D eigenvalue weighted by Crippen LogP contribution is -2.74. The molecular formula is C106H80N2O2Si2. The van der Waals surface area contributed by atoms with Gasteiger partial charge in [-0.15, -0.1) is 0 Å². The van der Waals surface area contributed by atoms with Crippen LogP contribution in [0.3, 0.4) is 0 Å². The Morgan fingerprint density at radius 2 is 0.482 bits per heavy atom. The third-order valence-electron chi connectivity index (χ3n) is 23.7. The number of hydrogen-bond acceptors (Lipinski definition) is 4. The van der Waals surface area contributed by atoms with Crippen LogP contribution < -0.4 is 51.3 Å². The maximum Gasteiger partial charge on any atom is 0.179 e. The fraction of sp³-hybridized carbons (Fsp3) is 0.0566. The molecule has 0 amide bonds. The topological polar surface area (TPSA) is 32.8 Å². The van der Waals surface area contributed by atoms with Crippen molar-refractivity contribution in [2.45, 2.75) is 39.5 Å². The minimum Gasteiger partial charge on any atom is -0.454 e. The summed E-state index contributed by atoms with van der Waals surface area (Å²) in [4.78, 5) is 5.07. The summed E-state index contributed by atoms with van der Waals surface area (Å²) in [5, 5.41) is 22.1. The van der Waals surface area contributed by atoms with E-state index >= 15 is 0 Å². The average Bonchev–Trinajstić information content (AvgIpc) is 0.769. The summed E-state index contributed by atoms with van der Waals surface area (Å²) in [5.74, 6) is 0.257. The Hall–Kier alpha value is -13.4. The van der Waals surface area contributed by atoms with Gasteiger partial charge in [0.25, 0.3) is 0 Å². The van der Waals surface area contributed by atoms with Crippen molar-refractivity contribution in [1.29, 1.82) is 0 Å². The van der Waals surface area contributed by atoms with Gasteiger partial charge in [0, 0.05) is 43.4 Å². The highest BCUT2D eigenvalue weighted by molar-refractivity contribution is 7.20. The molecule has 6 heteroatoms. The van der Waals surface area contributed by atoms with E-state index in [9.17, 15) is 0 Å². The van der Waals surface area contributed by atoms with Crippen LogP contribution in [0.5, 0.6) is 0 Å². The van der Waals surface area contributed by atoms with E-state index in [1.54, 1.807) is 0 Å². The fourth-order valence-corrected chi connectivity index (χ4v) is 28.2. The largest absolute Gasteiger partial charge is 0.454 e. The second-order valence-electron chi connectivity index (χ2n) is 30.4. The molecule has 0 unspecified atom stereocenters. The van der Waals surface area contributed by atoms with Crippen molar-refractivity contribution in [3.05, 3.63) is 412 Å². The van der Waals surface area contributed by atoms with Gasteiger partial charge in [0.05, 0.1) is 34.1 Å². The van der Waals surface area contributed by atoms with Crippen molar-refractivity contribution in [2.24, 2.45) is 0 Å². The zero-order valence-electron chi connectivity index (χ0n) is 63.0.